The van der Waals surface area contributed by atoms with Gasteiger partial charge in [0.05, 0.1) is 5.69 Å². The third-order valence-electron chi connectivity index (χ3n) is 13.5. The van der Waals surface area contributed by atoms with E-state index in [4.69, 9.17) is 4.42 Å². The maximum absolute atomic E-state index is 6.77. The van der Waals surface area contributed by atoms with Crippen LogP contribution in [0.2, 0.25) is 0 Å². The molecule has 0 atom stereocenters. The van der Waals surface area contributed by atoms with Crippen LogP contribution in [0.15, 0.2) is 205 Å². The molecular formula is C59H39NOS. The number of hydrogen-bond donors (Lipinski definition) is 0. The van der Waals surface area contributed by atoms with Crippen LogP contribution in [0.5, 0.6) is 0 Å². The fourth-order valence-corrected chi connectivity index (χ4v) is 11.8. The zero-order chi connectivity index (χ0) is 41.1. The van der Waals surface area contributed by atoms with Crippen molar-refractivity contribution in [2.45, 2.75) is 19.3 Å². The molecule has 3 heteroatoms. The Morgan fingerprint density at radius 2 is 0.919 bits per heavy atom. The van der Waals surface area contributed by atoms with Crippen LogP contribution in [-0.2, 0) is 5.41 Å². The molecule has 0 aliphatic heterocycles. The molecule has 0 saturated heterocycles. The molecule has 0 fully saturated rings. The smallest absolute Gasteiger partial charge is 0.143 e. The van der Waals surface area contributed by atoms with Gasteiger partial charge in [-0.25, -0.2) is 0 Å². The van der Waals surface area contributed by atoms with Gasteiger partial charge in [-0.3, -0.25) is 0 Å². The fraction of sp³-hybridized carbons (Fsp3) is 0.0508. The zero-order valence-electron chi connectivity index (χ0n) is 34.3. The van der Waals surface area contributed by atoms with Crippen molar-refractivity contribution in [1.82, 2.24) is 0 Å². The van der Waals surface area contributed by atoms with E-state index in [9.17, 15) is 0 Å². The van der Waals surface area contributed by atoms with E-state index < -0.39 is 0 Å². The van der Waals surface area contributed by atoms with Gasteiger partial charge < -0.3 is 9.32 Å². The van der Waals surface area contributed by atoms with Gasteiger partial charge in [-0.15, -0.1) is 11.3 Å². The van der Waals surface area contributed by atoms with E-state index in [2.05, 4.69) is 219 Å². The Labute approximate surface area is 363 Å². The zero-order valence-corrected chi connectivity index (χ0v) is 35.1. The lowest BCUT2D eigenvalue weighted by molar-refractivity contribution is 0.660. The van der Waals surface area contributed by atoms with E-state index in [-0.39, 0.29) is 5.41 Å². The number of hydrogen-bond acceptors (Lipinski definition) is 3. The molecule has 0 amide bonds. The van der Waals surface area contributed by atoms with Gasteiger partial charge in [0.1, 0.15) is 11.2 Å². The largest absolute Gasteiger partial charge is 0.455 e. The summed E-state index contributed by atoms with van der Waals surface area (Å²) in [5, 5.41) is 9.83. The van der Waals surface area contributed by atoms with Crippen LogP contribution in [0.4, 0.5) is 17.1 Å². The average Bonchev–Trinajstić information content (AvgIpc) is 3.98. The molecule has 10 aromatic carbocycles. The van der Waals surface area contributed by atoms with Crippen LogP contribution < -0.4 is 4.90 Å². The van der Waals surface area contributed by atoms with E-state index in [0.717, 1.165) is 49.8 Å². The lowest BCUT2D eigenvalue weighted by Gasteiger charge is -2.29. The number of para-hydroxylation sites is 1. The number of fused-ring (bicyclic) bond motifs is 13. The predicted octanol–water partition coefficient (Wildman–Crippen LogP) is 17.4. The third kappa shape index (κ3) is 5.09. The molecule has 0 spiro atoms. The van der Waals surface area contributed by atoms with Crippen molar-refractivity contribution in [1.29, 1.82) is 0 Å². The third-order valence-corrected chi connectivity index (χ3v) is 14.8. The van der Waals surface area contributed by atoms with Crippen LogP contribution in [0.3, 0.4) is 0 Å². The van der Waals surface area contributed by atoms with Gasteiger partial charge in [-0.1, -0.05) is 178 Å². The van der Waals surface area contributed by atoms with Gasteiger partial charge in [0.2, 0.25) is 0 Å². The Kier molecular flexibility index (Phi) is 7.56. The van der Waals surface area contributed by atoms with Crippen molar-refractivity contribution >= 4 is 92.1 Å². The first kappa shape index (κ1) is 35.3. The van der Waals surface area contributed by atoms with Crippen molar-refractivity contribution in [2.24, 2.45) is 0 Å². The molecule has 1 aliphatic carbocycles. The molecule has 13 rings (SSSR count). The molecule has 0 unspecified atom stereocenters. The molecule has 62 heavy (non-hydrogen) atoms. The first-order chi connectivity index (χ1) is 30.5. The molecule has 0 bridgehead atoms. The number of rotatable bonds is 5. The first-order valence-electron chi connectivity index (χ1n) is 21.4. The fourth-order valence-electron chi connectivity index (χ4n) is 10.4. The van der Waals surface area contributed by atoms with E-state index in [1.807, 2.05) is 11.3 Å². The molecule has 2 aromatic heterocycles. The highest BCUT2D eigenvalue weighted by Gasteiger charge is 2.37. The van der Waals surface area contributed by atoms with Crippen molar-refractivity contribution in [2.75, 3.05) is 4.90 Å². The second-order valence-corrected chi connectivity index (χ2v) is 18.2. The van der Waals surface area contributed by atoms with Crippen molar-refractivity contribution in [3.05, 3.63) is 211 Å². The lowest BCUT2D eigenvalue weighted by atomic mass is 9.82. The van der Waals surface area contributed by atoms with Crippen LogP contribution >= 0.6 is 11.3 Å². The Hall–Kier alpha value is -7.46. The van der Waals surface area contributed by atoms with Gasteiger partial charge >= 0.3 is 0 Å². The van der Waals surface area contributed by atoms with E-state index >= 15 is 0 Å². The van der Waals surface area contributed by atoms with Gasteiger partial charge in [-0.05, 0) is 85.9 Å². The first-order valence-corrected chi connectivity index (χ1v) is 22.2. The van der Waals surface area contributed by atoms with Crippen molar-refractivity contribution < 1.29 is 4.42 Å². The number of furan rings is 1. The number of thiophene rings is 1. The van der Waals surface area contributed by atoms with E-state index in [1.54, 1.807) is 0 Å². The summed E-state index contributed by atoms with van der Waals surface area (Å²) in [4.78, 5) is 2.45. The summed E-state index contributed by atoms with van der Waals surface area (Å²) in [6.07, 6.45) is 0. The average molecular weight is 810 g/mol. The Morgan fingerprint density at radius 3 is 1.69 bits per heavy atom. The second-order valence-electron chi connectivity index (χ2n) is 17.2. The lowest BCUT2D eigenvalue weighted by Crippen LogP contribution is -2.16. The summed E-state index contributed by atoms with van der Waals surface area (Å²) in [6.45, 7) is 4.71. The Balaban J connectivity index is 0.959. The van der Waals surface area contributed by atoms with Crippen LogP contribution in [0, 0.1) is 0 Å². The summed E-state index contributed by atoms with van der Waals surface area (Å²) in [7, 11) is 0. The number of nitrogens with zero attached hydrogens (tertiary/aromatic N) is 1. The number of benzene rings is 10. The van der Waals surface area contributed by atoms with Crippen molar-refractivity contribution in [3.63, 3.8) is 0 Å². The summed E-state index contributed by atoms with van der Waals surface area (Å²) in [5.41, 5.74) is 15.1. The summed E-state index contributed by atoms with van der Waals surface area (Å²) in [6, 6.07) is 73.5. The highest BCUT2D eigenvalue weighted by Crippen LogP contribution is 2.54. The highest BCUT2D eigenvalue weighted by molar-refractivity contribution is 7.27. The monoisotopic (exact) mass is 809 g/mol. The quantitative estimate of drug-likeness (QED) is 0.172. The standard InChI is InChI=1S/C59H39NOS/c1-59(2)51-21-8-7-16-50(51)54-52(59)22-11-23-53(54)60(40-30-24-38(25-31-40)43-17-9-19-46-47-34-28-36-12-3-5-14-42(36)56(47)61-55(43)46)41-32-26-39(27-33-41)45-18-10-20-48-49-35-29-37-13-4-6-15-44(37)58(49)62-57(45)48/h3-35H,1-2H3. The minimum absolute atomic E-state index is 0.119. The molecule has 0 saturated carbocycles. The molecule has 2 heterocycles. The maximum atomic E-state index is 6.77. The van der Waals surface area contributed by atoms with Crippen LogP contribution in [-0.4, -0.2) is 0 Å². The van der Waals surface area contributed by atoms with Crippen molar-refractivity contribution in [3.8, 4) is 33.4 Å². The van der Waals surface area contributed by atoms with Crippen LogP contribution in [0.1, 0.15) is 25.0 Å². The van der Waals surface area contributed by atoms with Crippen LogP contribution in [0.25, 0.3) is 97.0 Å². The Morgan fingerprint density at radius 1 is 0.387 bits per heavy atom. The molecule has 1 aliphatic rings. The van der Waals surface area contributed by atoms with Gasteiger partial charge in [-0.2, -0.15) is 0 Å². The summed E-state index contributed by atoms with van der Waals surface area (Å²) >= 11 is 1.91. The Bertz CT molecular complexity index is 3580. The SMILES string of the molecule is CC1(C)c2ccccc2-c2c(N(c3ccc(-c4cccc5c4oc4c6ccccc6ccc54)cc3)c3ccc(-c4cccc5c4sc4c6ccccc6ccc54)cc3)cccc21. The summed E-state index contributed by atoms with van der Waals surface area (Å²) in [5.74, 6) is 0. The van der Waals surface area contributed by atoms with E-state index in [0.29, 0.717) is 0 Å². The van der Waals surface area contributed by atoms with Gasteiger partial charge in [0.15, 0.2) is 0 Å². The highest BCUT2D eigenvalue weighted by atomic mass is 32.1. The molecule has 0 radical (unpaired) electrons. The normalized spacial score (nSPS) is 13.1. The number of anilines is 3. The van der Waals surface area contributed by atoms with Gasteiger partial charge in [0, 0.05) is 64.2 Å². The molecule has 12 aromatic rings. The topological polar surface area (TPSA) is 16.4 Å². The molecule has 0 N–H and O–H groups in total. The van der Waals surface area contributed by atoms with Gasteiger partial charge in [0.25, 0.3) is 0 Å². The summed E-state index contributed by atoms with van der Waals surface area (Å²) < 4.78 is 9.45. The molecule has 292 valence electrons. The molecule has 2 nitrogen and oxygen atoms in total. The maximum Gasteiger partial charge on any atom is 0.143 e. The van der Waals surface area contributed by atoms with E-state index in [1.165, 1.54) is 75.4 Å². The minimum atomic E-state index is -0.119. The molecular weight excluding hydrogens is 771 g/mol. The predicted molar refractivity (Wildman–Crippen MR) is 265 cm³/mol. The minimum Gasteiger partial charge on any atom is -0.455 e. The second kappa shape index (κ2) is 13.3.